The molecule has 0 bridgehead atoms. The third-order valence-electron chi connectivity index (χ3n) is 11.3. The molecule has 7 aromatic carbocycles. The van der Waals surface area contributed by atoms with E-state index in [1.165, 1.54) is 37.7 Å². The van der Waals surface area contributed by atoms with E-state index in [-0.39, 0.29) is 5.75 Å². The molecular weight excluding hydrogens is 639 g/mol. The zero-order valence-electron chi connectivity index (χ0n) is 28.3. The standard InChI is InChI=1S/C44H28B3NO2S/c45-38-36(39(46)40(47)41(49)37(38)28-14-9-13-27-26-12-3-8-19-35(26)51-43(27)28)29-20-23(22-48)21-33-42(29)50-34-18-7-6-17-32(34)44(33)30-15-4-1-10-24(30)25-11-2-5-16-31(25)44/h1-21,49H,45-47H2. The average molecular weight is 667 g/mol. The number of rotatable bonds is 2. The molecule has 1 aromatic heterocycles. The number of phenolic OH excluding ortho intramolecular Hbond substituents is 1. The highest BCUT2D eigenvalue weighted by molar-refractivity contribution is 7.26. The van der Waals surface area contributed by atoms with Gasteiger partial charge in [-0.2, -0.15) is 5.26 Å². The second-order valence-electron chi connectivity index (χ2n) is 13.7. The number of fused-ring (bicyclic) bond motifs is 12. The summed E-state index contributed by atoms with van der Waals surface area (Å²) in [6.45, 7) is 0. The molecule has 0 saturated heterocycles. The normalized spacial score (nSPS) is 13.3. The van der Waals surface area contributed by atoms with Crippen LogP contribution in [0.1, 0.15) is 27.8 Å². The van der Waals surface area contributed by atoms with Crippen LogP contribution >= 0.6 is 11.3 Å². The van der Waals surface area contributed by atoms with E-state index >= 15 is 0 Å². The monoisotopic (exact) mass is 667 g/mol. The molecule has 3 nitrogen and oxygen atoms in total. The number of hydrogen-bond donors (Lipinski definition) is 1. The van der Waals surface area contributed by atoms with E-state index in [2.05, 4.69) is 131 Å². The Morgan fingerprint density at radius 2 is 1.22 bits per heavy atom. The maximum absolute atomic E-state index is 12.0. The Balaban J connectivity index is 1.33. The van der Waals surface area contributed by atoms with Gasteiger partial charge in [0.2, 0.25) is 0 Å². The van der Waals surface area contributed by atoms with Crippen molar-refractivity contribution in [3.05, 3.63) is 155 Å². The summed E-state index contributed by atoms with van der Waals surface area (Å²) in [7, 11) is 6.16. The first-order valence-electron chi connectivity index (χ1n) is 17.2. The van der Waals surface area contributed by atoms with Gasteiger partial charge >= 0.3 is 0 Å². The van der Waals surface area contributed by atoms with Crippen molar-refractivity contribution < 1.29 is 9.84 Å². The summed E-state index contributed by atoms with van der Waals surface area (Å²) in [5, 5.41) is 25.0. The summed E-state index contributed by atoms with van der Waals surface area (Å²) in [4.78, 5) is 0. The first kappa shape index (κ1) is 29.9. The van der Waals surface area contributed by atoms with E-state index in [1.807, 2.05) is 26.0 Å². The SMILES string of the molecule is Bc1c(B)c(-c2cc(C#N)cc3c2Oc2ccccc2C32c3ccccc3-c3ccccc32)c(B)c(-c2cccc3c2sc2ccccc23)c1O. The Morgan fingerprint density at radius 3 is 1.96 bits per heavy atom. The summed E-state index contributed by atoms with van der Waals surface area (Å²) in [5.74, 6) is 1.82. The van der Waals surface area contributed by atoms with Crippen molar-refractivity contribution in [3.63, 3.8) is 0 Å². The van der Waals surface area contributed by atoms with Crippen molar-refractivity contribution in [2.24, 2.45) is 0 Å². The van der Waals surface area contributed by atoms with Crippen molar-refractivity contribution in [2.45, 2.75) is 5.41 Å². The smallest absolute Gasteiger partial charge is 0.143 e. The summed E-state index contributed by atoms with van der Waals surface area (Å²) in [5.41, 5.74) is 12.9. The summed E-state index contributed by atoms with van der Waals surface area (Å²) >= 11 is 1.75. The van der Waals surface area contributed by atoms with Crippen molar-refractivity contribution in [1.82, 2.24) is 0 Å². The summed E-state index contributed by atoms with van der Waals surface area (Å²) in [6.07, 6.45) is 0. The molecule has 0 atom stereocenters. The Labute approximate surface area is 302 Å². The van der Waals surface area contributed by atoms with Crippen molar-refractivity contribution in [3.8, 4) is 56.7 Å². The molecule has 0 amide bonds. The Bertz CT molecular complexity index is 2820. The molecule has 0 fully saturated rings. The molecule has 1 N–H and O–H groups in total. The van der Waals surface area contributed by atoms with Gasteiger partial charge in [-0.3, -0.25) is 0 Å². The molecule has 1 aliphatic carbocycles. The van der Waals surface area contributed by atoms with Crippen LogP contribution in [0.25, 0.3) is 53.6 Å². The quantitative estimate of drug-likeness (QED) is 0.223. The maximum Gasteiger partial charge on any atom is 0.143 e. The number of hydrogen-bond acceptors (Lipinski definition) is 4. The predicted octanol–water partition coefficient (Wildman–Crippen LogP) is 6.21. The van der Waals surface area contributed by atoms with Gasteiger partial charge in [0.25, 0.3) is 0 Å². The molecule has 1 aliphatic heterocycles. The summed E-state index contributed by atoms with van der Waals surface area (Å²) < 4.78 is 9.40. The lowest BCUT2D eigenvalue weighted by Crippen LogP contribution is -2.36. The Hall–Kier alpha value is -5.96. The lowest BCUT2D eigenvalue weighted by molar-refractivity contribution is 0.438. The first-order chi connectivity index (χ1) is 24.9. The van der Waals surface area contributed by atoms with Crippen LogP contribution in [0.2, 0.25) is 0 Å². The fourth-order valence-electron chi connectivity index (χ4n) is 9.02. The van der Waals surface area contributed by atoms with E-state index in [4.69, 9.17) is 4.74 Å². The van der Waals surface area contributed by atoms with E-state index < -0.39 is 5.41 Å². The Morgan fingerprint density at radius 1 is 0.588 bits per heavy atom. The second-order valence-corrected chi connectivity index (χ2v) is 14.8. The molecule has 1 spiro atoms. The molecule has 0 radical (unpaired) electrons. The molecule has 8 aromatic rings. The van der Waals surface area contributed by atoms with Gasteiger partial charge in [-0.15, -0.1) is 11.3 Å². The summed E-state index contributed by atoms with van der Waals surface area (Å²) in [6, 6.07) is 47.0. The third kappa shape index (κ3) is 3.86. The number of para-hydroxylation sites is 1. The number of nitrogens with zero attached hydrogens (tertiary/aromatic N) is 1. The molecule has 51 heavy (non-hydrogen) atoms. The zero-order chi connectivity index (χ0) is 34.6. The first-order valence-corrected chi connectivity index (χ1v) is 18.0. The number of aromatic hydroxyl groups is 1. The van der Waals surface area contributed by atoms with Crippen LogP contribution in [0.4, 0.5) is 0 Å². The van der Waals surface area contributed by atoms with E-state index in [9.17, 15) is 10.4 Å². The zero-order valence-corrected chi connectivity index (χ0v) is 29.2. The molecule has 236 valence electrons. The maximum atomic E-state index is 12.0. The van der Waals surface area contributed by atoms with Crippen molar-refractivity contribution >= 4 is 71.4 Å². The minimum Gasteiger partial charge on any atom is -0.508 e. The van der Waals surface area contributed by atoms with Gasteiger partial charge in [0.1, 0.15) is 40.8 Å². The van der Waals surface area contributed by atoms with E-state index in [0.29, 0.717) is 5.56 Å². The van der Waals surface area contributed by atoms with Gasteiger partial charge < -0.3 is 9.84 Å². The molecule has 7 heteroatoms. The number of ether oxygens (including phenoxy) is 1. The number of benzene rings is 7. The van der Waals surface area contributed by atoms with Crippen LogP contribution in [0.3, 0.4) is 0 Å². The second kappa shape index (κ2) is 10.8. The fraction of sp³-hybridized carbons (Fsp3) is 0.0227. The van der Waals surface area contributed by atoms with Gasteiger partial charge in [0.05, 0.1) is 17.0 Å². The van der Waals surface area contributed by atoms with Crippen LogP contribution in [-0.4, -0.2) is 28.6 Å². The van der Waals surface area contributed by atoms with Gasteiger partial charge in [-0.05, 0) is 52.1 Å². The lowest BCUT2D eigenvalue weighted by Gasteiger charge is -2.40. The van der Waals surface area contributed by atoms with Gasteiger partial charge in [0, 0.05) is 48.0 Å². The van der Waals surface area contributed by atoms with Gasteiger partial charge in [0.15, 0.2) is 0 Å². The van der Waals surface area contributed by atoms with Crippen LogP contribution in [0.15, 0.2) is 127 Å². The molecule has 2 heterocycles. The average Bonchev–Trinajstić information content (AvgIpc) is 3.69. The minimum atomic E-state index is -0.696. The third-order valence-corrected chi connectivity index (χ3v) is 12.5. The number of nitriles is 1. The van der Waals surface area contributed by atoms with Crippen LogP contribution in [-0.2, 0) is 5.41 Å². The fourth-order valence-corrected chi connectivity index (χ4v) is 10.2. The molecule has 2 aliphatic rings. The highest BCUT2D eigenvalue weighted by Crippen LogP contribution is 2.63. The minimum absolute atomic E-state index is 0.283. The molecule has 10 rings (SSSR count). The highest BCUT2D eigenvalue weighted by atomic mass is 32.1. The molecule has 0 unspecified atom stereocenters. The van der Waals surface area contributed by atoms with Crippen LogP contribution < -0.4 is 21.1 Å². The molecular formula is C44H28B3NO2S. The van der Waals surface area contributed by atoms with Crippen LogP contribution in [0, 0.1) is 11.3 Å². The highest BCUT2D eigenvalue weighted by Gasteiger charge is 2.51. The van der Waals surface area contributed by atoms with Gasteiger partial charge in [-0.1, -0.05) is 120 Å². The topological polar surface area (TPSA) is 53.2 Å². The molecule has 0 saturated carbocycles. The number of phenols is 1. The predicted molar refractivity (Wildman–Crippen MR) is 218 cm³/mol. The van der Waals surface area contributed by atoms with E-state index in [1.54, 1.807) is 11.3 Å². The van der Waals surface area contributed by atoms with Crippen molar-refractivity contribution in [1.29, 1.82) is 5.26 Å². The van der Waals surface area contributed by atoms with Crippen molar-refractivity contribution in [2.75, 3.05) is 0 Å². The van der Waals surface area contributed by atoms with Gasteiger partial charge in [-0.25, -0.2) is 0 Å². The van der Waals surface area contributed by atoms with Crippen LogP contribution in [0.5, 0.6) is 17.2 Å². The largest absolute Gasteiger partial charge is 0.508 e. The van der Waals surface area contributed by atoms with E-state index in [0.717, 1.165) is 66.0 Å². The Kier molecular flexibility index (Phi) is 6.32. The lowest BCUT2D eigenvalue weighted by atomic mass is 9.63. The number of thiophene rings is 1.